The molecule has 2 aliphatic rings. The zero-order chi connectivity index (χ0) is 13.5. The lowest BCUT2D eigenvalue weighted by atomic mass is 9.96. The fourth-order valence-electron chi connectivity index (χ4n) is 2.35. The van der Waals surface area contributed by atoms with Crippen molar-refractivity contribution in [1.29, 1.82) is 0 Å². The van der Waals surface area contributed by atoms with Crippen molar-refractivity contribution in [3.8, 4) is 11.5 Å². The Kier molecular flexibility index (Phi) is 3.48. The number of ether oxygens (including phenoxy) is 2. The largest absolute Gasteiger partial charge is 0.493 e. The molecule has 2 saturated carbocycles. The summed E-state index contributed by atoms with van der Waals surface area (Å²) in [4.78, 5) is 0. The van der Waals surface area contributed by atoms with Gasteiger partial charge in [0.25, 0.3) is 0 Å². The van der Waals surface area contributed by atoms with Gasteiger partial charge in [-0.15, -0.1) is 0 Å². The van der Waals surface area contributed by atoms with E-state index in [1.165, 1.54) is 12.0 Å². The summed E-state index contributed by atoms with van der Waals surface area (Å²) in [6.07, 6.45) is 7.05. The molecule has 0 bridgehead atoms. The third-order valence-corrected chi connectivity index (χ3v) is 4.85. The normalized spacial score (nSPS) is 20.8. The van der Waals surface area contributed by atoms with Crippen LogP contribution in [-0.2, 0) is 6.42 Å². The lowest BCUT2D eigenvalue weighted by molar-refractivity contribution is 0.116. The molecule has 3 rings (SSSR count). The van der Waals surface area contributed by atoms with Gasteiger partial charge in [-0.1, -0.05) is 15.9 Å². The second-order valence-corrected chi connectivity index (χ2v) is 6.66. The van der Waals surface area contributed by atoms with Crippen LogP contribution in [0, 0.1) is 0 Å². The number of hydrogen-bond donors (Lipinski definition) is 1. The molecule has 2 N–H and O–H groups in total. The molecule has 0 radical (unpaired) electrons. The van der Waals surface area contributed by atoms with Gasteiger partial charge in [-0.05, 0) is 56.2 Å². The minimum absolute atomic E-state index is 0.00481. The van der Waals surface area contributed by atoms with Crippen LogP contribution in [0.5, 0.6) is 11.5 Å². The van der Waals surface area contributed by atoms with Crippen LogP contribution >= 0.6 is 15.9 Å². The molecule has 2 aliphatic carbocycles. The van der Waals surface area contributed by atoms with Gasteiger partial charge < -0.3 is 15.2 Å². The molecule has 104 valence electrons. The van der Waals surface area contributed by atoms with E-state index >= 15 is 0 Å². The average molecular weight is 326 g/mol. The van der Waals surface area contributed by atoms with E-state index in [2.05, 4.69) is 22.0 Å². The molecular weight excluding hydrogens is 306 g/mol. The van der Waals surface area contributed by atoms with Crippen molar-refractivity contribution >= 4 is 15.9 Å². The summed E-state index contributed by atoms with van der Waals surface area (Å²) in [5.41, 5.74) is 7.44. The van der Waals surface area contributed by atoms with Gasteiger partial charge in [0.2, 0.25) is 0 Å². The molecule has 19 heavy (non-hydrogen) atoms. The fraction of sp³-hybridized carbons (Fsp3) is 0.600. The van der Waals surface area contributed by atoms with Crippen molar-refractivity contribution in [2.75, 3.05) is 7.11 Å². The Morgan fingerprint density at radius 2 is 2.05 bits per heavy atom. The lowest BCUT2D eigenvalue weighted by Gasteiger charge is -2.27. The van der Waals surface area contributed by atoms with Crippen LogP contribution in [-0.4, -0.2) is 18.8 Å². The predicted octanol–water partition coefficient (Wildman–Crippen LogP) is 3.42. The van der Waals surface area contributed by atoms with Gasteiger partial charge in [0.1, 0.15) is 0 Å². The maximum Gasteiger partial charge on any atom is 0.161 e. The van der Waals surface area contributed by atoms with Gasteiger partial charge in [-0.2, -0.15) is 0 Å². The van der Waals surface area contributed by atoms with Crippen molar-refractivity contribution < 1.29 is 9.47 Å². The molecular formula is C15H20BrNO2. The van der Waals surface area contributed by atoms with Crippen LogP contribution in [0.15, 0.2) is 16.6 Å². The Labute approximate surface area is 122 Å². The minimum atomic E-state index is 0.00481. The van der Waals surface area contributed by atoms with Crippen LogP contribution in [0.3, 0.4) is 0 Å². The smallest absolute Gasteiger partial charge is 0.161 e. The average Bonchev–Trinajstić information content (AvgIpc) is 3.05. The summed E-state index contributed by atoms with van der Waals surface area (Å²) in [6.45, 7) is 0. The standard InChI is InChI=1S/C15H20BrNO2/c1-18-13-8-12(16)10(9-15(17)5-6-15)7-14(13)19-11-3-2-4-11/h7-8,11H,2-6,9,17H2,1H3. The molecule has 0 saturated heterocycles. The molecule has 0 aromatic heterocycles. The van der Waals surface area contributed by atoms with E-state index in [9.17, 15) is 0 Å². The van der Waals surface area contributed by atoms with Crippen LogP contribution in [0.25, 0.3) is 0 Å². The van der Waals surface area contributed by atoms with Gasteiger partial charge in [0, 0.05) is 10.0 Å². The van der Waals surface area contributed by atoms with Gasteiger partial charge >= 0.3 is 0 Å². The Bertz CT molecular complexity index is 481. The van der Waals surface area contributed by atoms with Crippen molar-refractivity contribution in [3.63, 3.8) is 0 Å². The predicted molar refractivity (Wildman–Crippen MR) is 78.8 cm³/mol. The second-order valence-electron chi connectivity index (χ2n) is 5.80. The van der Waals surface area contributed by atoms with Crippen molar-refractivity contribution in [2.45, 2.75) is 50.2 Å². The molecule has 4 heteroatoms. The van der Waals surface area contributed by atoms with E-state index in [-0.39, 0.29) is 5.54 Å². The number of methoxy groups -OCH3 is 1. The Hall–Kier alpha value is -0.740. The van der Waals surface area contributed by atoms with Crippen LogP contribution < -0.4 is 15.2 Å². The highest BCUT2D eigenvalue weighted by molar-refractivity contribution is 9.10. The van der Waals surface area contributed by atoms with Crippen molar-refractivity contribution in [3.05, 3.63) is 22.2 Å². The molecule has 0 atom stereocenters. The summed E-state index contributed by atoms with van der Waals surface area (Å²) < 4.78 is 12.5. The van der Waals surface area contributed by atoms with Crippen molar-refractivity contribution in [1.82, 2.24) is 0 Å². The Morgan fingerprint density at radius 3 is 2.58 bits per heavy atom. The maximum absolute atomic E-state index is 6.21. The summed E-state index contributed by atoms with van der Waals surface area (Å²) in [5.74, 6) is 1.65. The monoisotopic (exact) mass is 325 g/mol. The molecule has 0 amide bonds. The quantitative estimate of drug-likeness (QED) is 0.902. The molecule has 0 heterocycles. The van der Waals surface area contributed by atoms with E-state index in [1.54, 1.807) is 7.11 Å². The van der Waals surface area contributed by atoms with Crippen LogP contribution in [0.2, 0.25) is 0 Å². The number of halogens is 1. The first kappa shape index (κ1) is 13.3. The highest BCUT2D eigenvalue weighted by Crippen LogP contribution is 2.41. The topological polar surface area (TPSA) is 44.5 Å². The number of benzene rings is 1. The highest BCUT2D eigenvalue weighted by atomic mass is 79.9. The minimum Gasteiger partial charge on any atom is -0.493 e. The Balaban J connectivity index is 1.84. The van der Waals surface area contributed by atoms with Gasteiger partial charge in [-0.25, -0.2) is 0 Å². The highest BCUT2D eigenvalue weighted by Gasteiger charge is 2.38. The molecule has 1 aromatic carbocycles. The number of nitrogens with two attached hydrogens (primary N) is 1. The van der Waals surface area contributed by atoms with E-state index in [0.29, 0.717) is 6.10 Å². The van der Waals surface area contributed by atoms with Crippen LogP contribution in [0.1, 0.15) is 37.7 Å². The Morgan fingerprint density at radius 1 is 1.32 bits per heavy atom. The molecule has 0 unspecified atom stereocenters. The summed E-state index contributed by atoms with van der Waals surface area (Å²) in [7, 11) is 1.68. The van der Waals surface area contributed by atoms with Crippen LogP contribution in [0.4, 0.5) is 0 Å². The first-order chi connectivity index (χ1) is 9.09. The number of rotatable bonds is 5. The van der Waals surface area contributed by atoms with E-state index in [1.807, 2.05) is 6.07 Å². The molecule has 2 fully saturated rings. The third kappa shape index (κ3) is 2.90. The molecule has 0 spiro atoms. The summed E-state index contributed by atoms with van der Waals surface area (Å²) in [5, 5.41) is 0. The first-order valence-electron chi connectivity index (χ1n) is 6.92. The molecule has 3 nitrogen and oxygen atoms in total. The third-order valence-electron chi connectivity index (χ3n) is 4.11. The van der Waals surface area contributed by atoms with E-state index in [0.717, 1.165) is 48.1 Å². The summed E-state index contributed by atoms with van der Waals surface area (Å²) >= 11 is 3.61. The zero-order valence-electron chi connectivity index (χ0n) is 11.2. The first-order valence-corrected chi connectivity index (χ1v) is 7.71. The second kappa shape index (κ2) is 4.98. The summed E-state index contributed by atoms with van der Waals surface area (Å²) in [6, 6.07) is 4.09. The SMILES string of the molecule is COc1cc(Br)c(CC2(N)CC2)cc1OC1CCC1. The van der Waals surface area contributed by atoms with E-state index < -0.39 is 0 Å². The zero-order valence-corrected chi connectivity index (χ0v) is 12.8. The lowest BCUT2D eigenvalue weighted by Crippen LogP contribution is -2.26. The molecule has 0 aliphatic heterocycles. The number of hydrogen-bond acceptors (Lipinski definition) is 3. The maximum atomic E-state index is 6.21. The van der Waals surface area contributed by atoms with Gasteiger partial charge in [0.05, 0.1) is 13.2 Å². The van der Waals surface area contributed by atoms with Crippen molar-refractivity contribution in [2.24, 2.45) is 5.73 Å². The van der Waals surface area contributed by atoms with Gasteiger partial charge in [-0.3, -0.25) is 0 Å². The van der Waals surface area contributed by atoms with Gasteiger partial charge in [0.15, 0.2) is 11.5 Å². The fourth-order valence-corrected chi connectivity index (χ4v) is 2.81. The molecule has 1 aromatic rings. The van der Waals surface area contributed by atoms with E-state index in [4.69, 9.17) is 15.2 Å².